The second-order valence-electron chi connectivity index (χ2n) is 6.50. The van der Waals surface area contributed by atoms with Crippen molar-refractivity contribution in [2.45, 2.75) is 38.8 Å². The molecule has 1 aliphatic heterocycles. The molecule has 126 valence electrons. The summed E-state index contributed by atoms with van der Waals surface area (Å²) in [7, 11) is 0. The van der Waals surface area contributed by atoms with Crippen LogP contribution in [-0.4, -0.2) is 48.2 Å². The Morgan fingerprint density at radius 2 is 2.04 bits per heavy atom. The molecule has 0 N–H and O–H groups in total. The molecule has 0 spiro atoms. The molecule has 0 aliphatic carbocycles. The number of halogens is 1. The van der Waals surface area contributed by atoms with Crippen LogP contribution in [0.1, 0.15) is 26.3 Å². The number of hydrogen-bond acceptors (Lipinski definition) is 4. The van der Waals surface area contributed by atoms with Gasteiger partial charge in [-0.15, -0.1) is 0 Å². The highest BCUT2D eigenvalue weighted by molar-refractivity contribution is 6.31. The van der Waals surface area contributed by atoms with Gasteiger partial charge in [0.25, 0.3) is 0 Å². The summed E-state index contributed by atoms with van der Waals surface area (Å²) in [4.78, 5) is 26.4. The Morgan fingerprint density at radius 3 is 2.70 bits per heavy atom. The molecule has 1 amide bonds. The van der Waals surface area contributed by atoms with Crippen LogP contribution in [0.15, 0.2) is 24.3 Å². The van der Waals surface area contributed by atoms with E-state index in [0.717, 1.165) is 5.56 Å². The first-order chi connectivity index (χ1) is 10.8. The average molecular weight is 340 g/mol. The molecule has 1 unspecified atom stereocenters. The first-order valence-electron chi connectivity index (χ1n) is 7.61. The molecule has 1 heterocycles. The first-order valence-corrected chi connectivity index (χ1v) is 7.99. The Hall–Kier alpha value is -1.59. The minimum atomic E-state index is -0.644. The van der Waals surface area contributed by atoms with E-state index in [1.54, 1.807) is 26.8 Å². The molecule has 1 atom stereocenters. The van der Waals surface area contributed by atoms with Crippen LogP contribution >= 0.6 is 11.6 Å². The summed E-state index contributed by atoms with van der Waals surface area (Å²) in [6, 6.07) is 6.55. The fourth-order valence-electron chi connectivity index (χ4n) is 2.36. The van der Waals surface area contributed by atoms with E-state index < -0.39 is 17.7 Å². The molecule has 5 nitrogen and oxygen atoms in total. The van der Waals surface area contributed by atoms with Gasteiger partial charge in [0.2, 0.25) is 0 Å². The van der Waals surface area contributed by atoms with Gasteiger partial charge in [-0.1, -0.05) is 29.8 Å². The molecule has 0 bridgehead atoms. The van der Waals surface area contributed by atoms with Crippen molar-refractivity contribution in [2.24, 2.45) is 0 Å². The SMILES string of the molecule is CC(C)(C)OC(=O)N1CCOCC1C(=O)Cc1ccccc1Cl. The van der Waals surface area contributed by atoms with E-state index in [9.17, 15) is 9.59 Å². The minimum Gasteiger partial charge on any atom is -0.444 e. The molecular formula is C17H22ClNO4. The summed E-state index contributed by atoms with van der Waals surface area (Å²) in [6.45, 7) is 6.31. The lowest BCUT2D eigenvalue weighted by Crippen LogP contribution is -2.54. The van der Waals surface area contributed by atoms with Gasteiger partial charge in [0, 0.05) is 18.0 Å². The molecule has 0 saturated carbocycles. The number of ketones is 1. The van der Waals surface area contributed by atoms with Crippen LogP contribution in [0.4, 0.5) is 4.79 Å². The summed E-state index contributed by atoms with van der Waals surface area (Å²) in [6.07, 6.45) is -0.328. The number of carbonyl (C=O) groups is 2. The van der Waals surface area contributed by atoms with E-state index in [2.05, 4.69) is 0 Å². The predicted octanol–water partition coefficient (Wildman–Crippen LogP) is 3.09. The Morgan fingerprint density at radius 1 is 1.35 bits per heavy atom. The summed E-state index contributed by atoms with van der Waals surface area (Å²) in [5, 5.41) is 0.543. The van der Waals surface area contributed by atoms with Crippen molar-refractivity contribution >= 4 is 23.5 Å². The zero-order chi connectivity index (χ0) is 17.0. The van der Waals surface area contributed by atoms with Crippen molar-refractivity contribution in [3.63, 3.8) is 0 Å². The third-order valence-electron chi connectivity index (χ3n) is 3.45. The molecule has 1 aromatic carbocycles. The molecule has 6 heteroatoms. The molecule has 1 aromatic rings. The number of hydrogen-bond donors (Lipinski definition) is 0. The topological polar surface area (TPSA) is 55.8 Å². The monoisotopic (exact) mass is 339 g/mol. The van der Waals surface area contributed by atoms with E-state index >= 15 is 0 Å². The Bertz CT molecular complexity index is 582. The normalized spacial score (nSPS) is 18.6. The fraction of sp³-hybridized carbons (Fsp3) is 0.529. The Labute approximate surface area is 141 Å². The van der Waals surface area contributed by atoms with E-state index in [1.165, 1.54) is 4.90 Å². The standard InChI is InChI=1S/C17H22ClNO4/c1-17(2,3)23-16(21)19-8-9-22-11-14(19)15(20)10-12-6-4-5-7-13(12)18/h4-7,14H,8-11H2,1-3H3. The van der Waals surface area contributed by atoms with Crippen LogP contribution < -0.4 is 0 Å². The summed E-state index contributed by atoms with van der Waals surface area (Å²) in [5.41, 5.74) is 0.139. The molecule has 2 rings (SSSR count). The van der Waals surface area contributed by atoms with Crippen LogP contribution in [-0.2, 0) is 20.7 Å². The van der Waals surface area contributed by atoms with Crippen LogP contribution in [0.25, 0.3) is 0 Å². The third-order valence-corrected chi connectivity index (χ3v) is 3.82. The van der Waals surface area contributed by atoms with Crippen molar-refractivity contribution < 1.29 is 19.1 Å². The Balaban J connectivity index is 2.10. The van der Waals surface area contributed by atoms with Gasteiger partial charge in [-0.2, -0.15) is 0 Å². The van der Waals surface area contributed by atoms with Gasteiger partial charge in [0.05, 0.1) is 13.2 Å². The maximum Gasteiger partial charge on any atom is 0.411 e. The van der Waals surface area contributed by atoms with Gasteiger partial charge in [0.1, 0.15) is 11.6 Å². The van der Waals surface area contributed by atoms with Gasteiger partial charge in [-0.3, -0.25) is 9.69 Å². The number of ether oxygens (including phenoxy) is 2. The van der Waals surface area contributed by atoms with Crippen LogP contribution in [0, 0.1) is 0 Å². The largest absolute Gasteiger partial charge is 0.444 e. The number of carbonyl (C=O) groups excluding carboxylic acids is 2. The zero-order valence-electron chi connectivity index (χ0n) is 13.7. The maximum absolute atomic E-state index is 12.6. The lowest BCUT2D eigenvalue weighted by molar-refractivity contribution is -0.129. The number of benzene rings is 1. The van der Waals surface area contributed by atoms with Gasteiger partial charge in [-0.05, 0) is 32.4 Å². The van der Waals surface area contributed by atoms with Crippen molar-refractivity contribution in [3.8, 4) is 0 Å². The minimum absolute atomic E-state index is 0.108. The fourth-order valence-corrected chi connectivity index (χ4v) is 2.56. The Kier molecular flexibility index (Phi) is 5.65. The quantitative estimate of drug-likeness (QED) is 0.849. The molecule has 1 saturated heterocycles. The highest BCUT2D eigenvalue weighted by Gasteiger charge is 2.35. The smallest absolute Gasteiger partial charge is 0.411 e. The highest BCUT2D eigenvalue weighted by atomic mass is 35.5. The number of rotatable bonds is 3. The van der Waals surface area contributed by atoms with Gasteiger partial charge < -0.3 is 9.47 Å². The van der Waals surface area contributed by atoms with Crippen LogP contribution in [0.3, 0.4) is 0 Å². The van der Waals surface area contributed by atoms with Gasteiger partial charge in [-0.25, -0.2) is 4.79 Å². The van der Waals surface area contributed by atoms with E-state index in [0.29, 0.717) is 18.2 Å². The molecule has 0 aromatic heterocycles. The van der Waals surface area contributed by atoms with Crippen LogP contribution in [0.5, 0.6) is 0 Å². The van der Waals surface area contributed by atoms with Crippen molar-refractivity contribution in [2.75, 3.05) is 19.8 Å². The average Bonchev–Trinajstić information content (AvgIpc) is 2.48. The maximum atomic E-state index is 12.6. The number of morpholine rings is 1. The molecule has 1 fully saturated rings. The highest BCUT2D eigenvalue weighted by Crippen LogP contribution is 2.20. The van der Waals surface area contributed by atoms with Crippen molar-refractivity contribution in [1.29, 1.82) is 0 Å². The molecule has 1 aliphatic rings. The number of amides is 1. The van der Waals surface area contributed by atoms with Gasteiger partial charge >= 0.3 is 6.09 Å². The molecule has 23 heavy (non-hydrogen) atoms. The zero-order valence-corrected chi connectivity index (χ0v) is 14.4. The lowest BCUT2D eigenvalue weighted by atomic mass is 10.0. The number of nitrogens with zero attached hydrogens (tertiary/aromatic N) is 1. The number of Topliss-reactive ketones (excluding diaryl/α,β-unsaturated/α-hetero) is 1. The second-order valence-corrected chi connectivity index (χ2v) is 6.91. The van der Waals surface area contributed by atoms with Gasteiger partial charge in [0.15, 0.2) is 5.78 Å². The lowest BCUT2D eigenvalue weighted by Gasteiger charge is -2.35. The van der Waals surface area contributed by atoms with E-state index in [-0.39, 0.29) is 18.8 Å². The molecule has 0 radical (unpaired) electrons. The van der Waals surface area contributed by atoms with Crippen molar-refractivity contribution in [3.05, 3.63) is 34.9 Å². The third kappa shape index (κ3) is 4.94. The molecular weight excluding hydrogens is 318 g/mol. The summed E-state index contributed by atoms with van der Waals surface area (Å²) in [5.74, 6) is -0.108. The summed E-state index contributed by atoms with van der Waals surface area (Å²) >= 11 is 6.10. The predicted molar refractivity (Wildman–Crippen MR) is 87.7 cm³/mol. The van der Waals surface area contributed by atoms with Crippen molar-refractivity contribution in [1.82, 2.24) is 4.90 Å². The summed E-state index contributed by atoms with van der Waals surface area (Å²) < 4.78 is 10.8. The van der Waals surface area contributed by atoms with E-state index in [1.807, 2.05) is 18.2 Å². The second kappa shape index (κ2) is 7.32. The van der Waals surface area contributed by atoms with Crippen LogP contribution in [0.2, 0.25) is 5.02 Å². The van der Waals surface area contributed by atoms with E-state index in [4.69, 9.17) is 21.1 Å². The first kappa shape index (κ1) is 17.8.